The molecule has 0 spiro atoms. The van der Waals surface area contributed by atoms with E-state index in [1.165, 1.54) is 22.3 Å². The summed E-state index contributed by atoms with van der Waals surface area (Å²) < 4.78 is 0. The van der Waals surface area contributed by atoms with E-state index in [2.05, 4.69) is 117 Å². The summed E-state index contributed by atoms with van der Waals surface area (Å²) in [5, 5.41) is 8.95. The van der Waals surface area contributed by atoms with Crippen molar-refractivity contribution in [2.75, 3.05) is 0 Å². The Labute approximate surface area is 258 Å². The molecule has 3 heterocycles. The van der Waals surface area contributed by atoms with Gasteiger partial charge in [0.1, 0.15) is 0 Å². The molecule has 0 aliphatic heterocycles. The molecule has 0 bridgehead atoms. The Hall–Kier alpha value is -0.900. The van der Waals surface area contributed by atoms with E-state index >= 15 is 0 Å². The molecule has 3 aromatic rings. The molecular weight excluding hydrogens is 529 g/mol. The molecule has 0 atom stereocenters. The molecule has 0 amide bonds. The van der Waals surface area contributed by atoms with Crippen LogP contribution in [0, 0.1) is 0 Å². The van der Waals surface area contributed by atoms with Gasteiger partial charge in [0.05, 0.1) is 0 Å². The highest BCUT2D eigenvalue weighted by Gasteiger charge is 2.11. The monoisotopic (exact) mass is 594 g/mol. The Morgan fingerprint density at radius 3 is 0.821 bits per heavy atom. The standard InChI is InChI=1S/3C10H16S.3C2H6/c1-7(2)9-5-11-6-10(9)8(3)4;2*1-7(2)9-5-6-11-10(9)8(3)4;3*1-2/h3*5-8H,1-4H3;3*1-2H3. The topological polar surface area (TPSA) is 0 Å². The second kappa shape index (κ2) is 24.9. The van der Waals surface area contributed by atoms with Crippen molar-refractivity contribution in [2.45, 2.75) is 160 Å². The molecule has 0 aliphatic carbocycles. The van der Waals surface area contributed by atoms with E-state index in [1.54, 1.807) is 9.75 Å². The predicted octanol–water partition coefficient (Wildman–Crippen LogP) is 15.1. The number of rotatable bonds is 6. The minimum Gasteiger partial charge on any atom is -0.152 e. The summed E-state index contributed by atoms with van der Waals surface area (Å²) >= 11 is 5.59. The fourth-order valence-corrected chi connectivity index (χ4v) is 7.13. The van der Waals surface area contributed by atoms with Gasteiger partial charge in [0.2, 0.25) is 0 Å². The highest BCUT2D eigenvalue weighted by Crippen LogP contribution is 2.32. The SMILES string of the molecule is CC.CC.CC.CC(C)c1ccsc1C(C)C.CC(C)c1ccsc1C(C)C.CC(C)c1cscc1C(C)C. The smallest absolute Gasteiger partial charge is 0.0105 e. The molecule has 3 rings (SSSR count). The van der Waals surface area contributed by atoms with Crippen LogP contribution in [-0.4, -0.2) is 0 Å². The molecule has 228 valence electrons. The minimum absolute atomic E-state index is 0.679. The van der Waals surface area contributed by atoms with Gasteiger partial charge in [-0.05, 0) is 91.4 Å². The maximum Gasteiger partial charge on any atom is 0.0105 e. The number of hydrogen-bond donors (Lipinski definition) is 0. The van der Waals surface area contributed by atoms with E-state index in [-0.39, 0.29) is 0 Å². The van der Waals surface area contributed by atoms with Crippen LogP contribution >= 0.6 is 34.0 Å². The van der Waals surface area contributed by atoms with Gasteiger partial charge in [0.15, 0.2) is 0 Å². The molecule has 0 saturated carbocycles. The molecule has 0 unspecified atom stereocenters. The summed E-state index contributed by atoms with van der Waals surface area (Å²) in [6, 6.07) is 4.51. The summed E-state index contributed by atoms with van der Waals surface area (Å²) in [4.78, 5) is 3.11. The molecule has 0 fully saturated rings. The van der Waals surface area contributed by atoms with Crippen molar-refractivity contribution < 1.29 is 0 Å². The Morgan fingerprint density at radius 2 is 0.641 bits per heavy atom. The molecule has 0 saturated heterocycles. The third-order valence-electron chi connectivity index (χ3n) is 5.71. The maximum atomic E-state index is 2.28. The normalized spacial score (nSPS) is 10.2. The zero-order chi connectivity index (χ0) is 31.3. The fourth-order valence-electron chi connectivity index (χ4n) is 3.81. The number of hydrogen-bond acceptors (Lipinski definition) is 3. The summed E-state index contributed by atoms with van der Waals surface area (Å²) in [7, 11) is 0. The van der Waals surface area contributed by atoms with E-state index in [4.69, 9.17) is 0 Å². The summed E-state index contributed by atoms with van der Waals surface area (Å²) in [6.07, 6.45) is 0. The Bertz CT molecular complexity index is 714. The fraction of sp³-hybridized carbons (Fsp3) is 0.667. The van der Waals surface area contributed by atoms with Crippen LogP contribution < -0.4 is 0 Å². The third-order valence-corrected chi connectivity index (χ3v) is 8.96. The van der Waals surface area contributed by atoms with Gasteiger partial charge in [0.25, 0.3) is 0 Å². The van der Waals surface area contributed by atoms with Crippen molar-refractivity contribution in [2.24, 2.45) is 0 Å². The Balaban J connectivity index is -0.000000453. The molecular formula is C36H66S3. The van der Waals surface area contributed by atoms with Gasteiger partial charge in [-0.3, -0.25) is 0 Å². The first-order valence-electron chi connectivity index (χ1n) is 15.6. The van der Waals surface area contributed by atoms with Gasteiger partial charge in [-0.1, -0.05) is 125 Å². The van der Waals surface area contributed by atoms with Crippen molar-refractivity contribution in [3.63, 3.8) is 0 Å². The summed E-state index contributed by atoms with van der Waals surface area (Å²) in [6.45, 7) is 39.1. The van der Waals surface area contributed by atoms with E-state index in [0.29, 0.717) is 35.5 Å². The van der Waals surface area contributed by atoms with Gasteiger partial charge >= 0.3 is 0 Å². The Morgan fingerprint density at radius 1 is 0.385 bits per heavy atom. The van der Waals surface area contributed by atoms with Crippen molar-refractivity contribution in [3.8, 4) is 0 Å². The summed E-state index contributed by atoms with van der Waals surface area (Å²) in [5.41, 5.74) is 6.13. The van der Waals surface area contributed by atoms with E-state index in [0.717, 1.165) is 0 Å². The quantitative estimate of drug-likeness (QED) is 0.266. The lowest BCUT2D eigenvalue weighted by molar-refractivity contribution is 0.798. The lowest BCUT2D eigenvalue weighted by Crippen LogP contribution is -1.93. The van der Waals surface area contributed by atoms with Gasteiger partial charge < -0.3 is 0 Å². The molecule has 0 nitrogen and oxygen atoms in total. The van der Waals surface area contributed by atoms with Crippen LogP contribution in [0.25, 0.3) is 0 Å². The average Bonchev–Trinajstić information content (AvgIpc) is 3.68. The molecule has 3 heteroatoms. The zero-order valence-corrected chi connectivity index (χ0v) is 31.6. The highest BCUT2D eigenvalue weighted by molar-refractivity contribution is 7.10. The molecule has 0 aliphatic rings. The molecule has 0 aromatic carbocycles. The van der Waals surface area contributed by atoms with Crippen LogP contribution in [0.1, 0.15) is 192 Å². The lowest BCUT2D eigenvalue weighted by atomic mass is 9.95. The maximum absolute atomic E-state index is 2.28. The predicted molar refractivity (Wildman–Crippen MR) is 192 cm³/mol. The van der Waals surface area contributed by atoms with Gasteiger partial charge in [0, 0.05) is 9.75 Å². The highest BCUT2D eigenvalue weighted by atomic mass is 32.1. The lowest BCUT2D eigenvalue weighted by Gasteiger charge is -2.09. The molecule has 0 radical (unpaired) electrons. The summed E-state index contributed by atoms with van der Waals surface area (Å²) in [5.74, 6) is 4.09. The van der Waals surface area contributed by atoms with Gasteiger partial charge in [-0.2, -0.15) is 11.3 Å². The Kier molecular flexibility index (Phi) is 27.1. The second-order valence-electron chi connectivity index (χ2n) is 10.7. The van der Waals surface area contributed by atoms with E-state index in [9.17, 15) is 0 Å². The number of thiophene rings is 3. The molecule has 0 N–H and O–H groups in total. The molecule has 39 heavy (non-hydrogen) atoms. The minimum atomic E-state index is 0.679. The van der Waals surface area contributed by atoms with E-state index < -0.39 is 0 Å². The van der Waals surface area contributed by atoms with Crippen LogP contribution in [-0.2, 0) is 0 Å². The first-order chi connectivity index (χ1) is 18.4. The first-order valence-corrected chi connectivity index (χ1v) is 18.3. The van der Waals surface area contributed by atoms with Crippen LogP contribution in [0.4, 0.5) is 0 Å². The van der Waals surface area contributed by atoms with E-state index in [1.807, 2.05) is 75.6 Å². The largest absolute Gasteiger partial charge is 0.152 e. The van der Waals surface area contributed by atoms with Crippen molar-refractivity contribution >= 4 is 34.0 Å². The van der Waals surface area contributed by atoms with Crippen LogP contribution in [0.15, 0.2) is 33.7 Å². The zero-order valence-electron chi connectivity index (χ0n) is 29.2. The van der Waals surface area contributed by atoms with Crippen molar-refractivity contribution in [1.82, 2.24) is 0 Å². The van der Waals surface area contributed by atoms with Gasteiger partial charge in [-0.15, -0.1) is 22.7 Å². The van der Waals surface area contributed by atoms with Gasteiger partial charge in [-0.25, -0.2) is 0 Å². The first kappa shape index (κ1) is 42.6. The van der Waals surface area contributed by atoms with Crippen molar-refractivity contribution in [1.29, 1.82) is 0 Å². The molecule has 3 aromatic heterocycles. The average molecular weight is 595 g/mol. The van der Waals surface area contributed by atoms with Crippen LogP contribution in [0.3, 0.4) is 0 Å². The second-order valence-corrected chi connectivity index (χ2v) is 13.3. The van der Waals surface area contributed by atoms with Crippen molar-refractivity contribution in [3.05, 3.63) is 65.7 Å². The third kappa shape index (κ3) is 16.2. The van der Waals surface area contributed by atoms with Crippen LogP contribution in [0.5, 0.6) is 0 Å². The van der Waals surface area contributed by atoms with Crippen LogP contribution in [0.2, 0.25) is 0 Å².